The average Bonchev–Trinajstić information content (AvgIpc) is 2.28. The Kier molecular flexibility index (Phi) is 6.44. The third-order valence-corrected chi connectivity index (χ3v) is 2.43. The lowest BCUT2D eigenvalue weighted by Crippen LogP contribution is -2.47. The van der Waals surface area contributed by atoms with Crippen LogP contribution in [0.3, 0.4) is 0 Å². The highest BCUT2D eigenvalue weighted by molar-refractivity contribution is 6.27. The molecular formula is C9H12ClF4NO2. The average molecular weight is 278 g/mol. The van der Waals surface area contributed by atoms with E-state index in [1.54, 1.807) is 12.2 Å². The number of alkyl halides is 5. The normalized spacial score (nSPS) is 13.6. The number of halogens is 5. The highest BCUT2D eigenvalue weighted by Crippen LogP contribution is 2.22. The van der Waals surface area contributed by atoms with Crippen molar-refractivity contribution < 1.29 is 27.2 Å². The zero-order valence-electron chi connectivity index (χ0n) is 8.98. The van der Waals surface area contributed by atoms with Crippen LogP contribution < -0.4 is 5.32 Å². The molecule has 3 nitrogen and oxygen atoms in total. The number of rotatable bonds is 7. The summed E-state index contributed by atoms with van der Waals surface area (Å²) in [5.41, 5.74) is 0. The molecule has 0 bridgehead atoms. The first-order valence-corrected chi connectivity index (χ1v) is 5.33. The maximum Gasteiger partial charge on any atom is 0.383 e. The van der Waals surface area contributed by atoms with Crippen molar-refractivity contribution in [3.63, 3.8) is 0 Å². The van der Waals surface area contributed by atoms with E-state index in [9.17, 15) is 27.2 Å². The molecule has 0 heterocycles. The van der Waals surface area contributed by atoms with E-state index in [4.69, 9.17) is 11.6 Å². The van der Waals surface area contributed by atoms with Crippen molar-refractivity contribution in [3.05, 3.63) is 0 Å². The van der Waals surface area contributed by atoms with Crippen molar-refractivity contribution >= 4 is 23.3 Å². The summed E-state index contributed by atoms with van der Waals surface area (Å²) in [6.45, 7) is 1.16. The summed E-state index contributed by atoms with van der Waals surface area (Å²) < 4.78 is 48.6. The van der Waals surface area contributed by atoms with Crippen LogP contribution in [0, 0.1) is 5.92 Å². The molecule has 8 heteroatoms. The molecule has 0 fully saturated rings. The Balaban J connectivity index is 4.37. The van der Waals surface area contributed by atoms with Crippen LogP contribution in [0.5, 0.6) is 0 Å². The monoisotopic (exact) mass is 277 g/mol. The van der Waals surface area contributed by atoms with Crippen molar-refractivity contribution in [2.45, 2.75) is 25.7 Å². The fourth-order valence-corrected chi connectivity index (χ4v) is 1.25. The summed E-state index contributed by atoms with van der Waals surface area (Å²) in [5.74, 6) is -8.34. The number of Topliss-reactive ketones (excluding diaryl/α,β-unsaturated/α-hetero) is 1. The fourth-order valence-electron chi connectivity index (χ4n) is 1.03. The van der Waals surface area contributed by atoms with Gasteiger partial charge in [0.2, 0.25) is 0 Å². The molecule has 0 rings (SSSR count). The maximum absolute atomic E-state index is 12.5. The topological polar surface area (TPSA) is 46.2 Å². The minimum absolute atomic E-state index is 0.270. The van der Waals surface area contributed by atoms with Gasteiger partial charge in [-0.3, -0.25) is 9.59 Å². The van der Waals surface area contributed by atoms with E-state index in [2.05, 4.69) is 0 Å². The van der Waals surface area contributed by atoms with E-state index in [0.29, 0.717) is 0 Å². The van der Waals surface area contributed by atoms with Gasteiger partial charge in [0.1, 0.15) is 0 Å². The van der Waals surface area contributed by atoms with Gasteiger partial charge in [0, 0.05) is 12.5 Å². The predicted molar refractivity (Wildman–Crippen MR) is 53.5 cm³/mol. The van der Waals surface area contributed by atoms with Gasteiger partial charge in [0.05, 0.1) is 5.88 Å². The molecule has 0 radical (unpaired) electrons. The predicted octanol–water partition coefficient (Wildman–Crippen LogP) is 1.84. The molecule has 0 spiro atoms. The maximum atomic E-state index is 12.5. The Labute approximate surface area is 100 Å². The first kappa shape index (κ1) is 16.1. The van der Waals surface area contributed by atoms with Crippen LogP contribution in [-0.2, 0) is 9.59 Å². The molecule has 0 aromatic heterocycles. The van der Waals surface area contributed by atoms with Crippen molar-refractivity contribution in [2.24, 2.45) is 5.92 Å². The molecule has 0 aliphatic carbocycles. The molecule has 1 N–H and O–H groups in total. The minimum atomic E-state index is -4.75. The summed E-state index contributed by atoms with van der Waals surface area (Å²) in [5, 5.41) is 1.62. The number of amides is 1. The number of carbonyl (C=O) groups is 2. The highest BCUT2D eigenvalue weighted by Gasteiger charge is 2.48. The molecule has 1 atom stereocenters. The summed E-state index contributed by atoms with van der Waals surface area (Å²) in [6.07, 6.45) is -3.81. The van der Waals surface area contributed by atoms with Gasteiger partial charge in [0.15, 0.2) is 5.78 Å². The first-order valence-electron chi connectivity index (χ1n) is 4.80. The minimum Gasteiger partial charge on any atom is -0.350 e. The summed E-state index contributed by atoms with van der Waals surface area (Å²) in [6, 6.07) is 0. The highest BCUT2D eigenvalue weighted by atomic mass is 35.5. The van der Waals surface area contributed by atoms with E-state index < -0.39 is 36.5 Å². The molecule has 0 aromatic carbocycles. The lowest BCUT2D eigenvalue weighted by atomic mass is 10.0. The molecule has 0 aliphatic rings. The van der Waals surface area contributed by atoms with E-state index in [0.717, 1.165) is 0 Å². The van der Waals surface area contributed by atoms with Gasteiger partial charge in [-0.2, -0.15) is 8.78 Å². The zero-order chi connectivity index (χ0) is 13.6. The Hall–Kier alpha value is -0.850. The van der Waals surface area contributed by atoms with Crippen molar-refractivity contribution in [3.8, 4) is 0 Å². The quantitative estimate of drug-likeness (QED) is 0.570. The molecule has 1 unspecified atom stereocenters. The van der Waals surface area contributed by atoms with Crippen LogP contribution in [0.4, 0.5) is 17.6 Å². The largest absolute Gasteiger partial charge is 0.383 e. The summed E-state index contributed by atoms with van der Waals surface area (Å²) in [7, 11) is 0. The number of carbonyl (C=O) groups excluding carboxylic acids is 2. The molecular weight excluding hydrogens is 266 g/mol. The molecule has 100 valence electrons. The van der Waals surface area contributed by atoms with Crippen LogP contribution >= 0.6 is 11.6 Å². The Morgan fingerprint density at radius 2 is 1.88 bits per heavy atom. The lowest BCUT2D eigenvalue weighted by molar-refractivity contribution is -0.169. The number of hydrogen-bond acceptors (Lipinski definition) is 2. The number of hydrogen-bond donors (Lipinski definition) is 1. The van der Waals surface area contributed by atoms with Gasteiger partial charge < -0.3 is 5.32 Å². The third kappa shape index (κ3) is 4.49. The van der Waals surface area contributed by atoms with Gasteiger partial charge in [-0.15, -0.1) is 11.6 Å². The first-order chi connectivity index (χ1) is 7.77. The second-order valence-electron chi connectivity index (χ2n) is 3.34. The number of nitrogens with one attached hydrogen (secondary N) is 1. The molecule has 0 saturated carbocycles. The summed E-state index contributed by atoms with van der Waals surface area (Å²) in [4.78, 5) is 21.9. The van der Waals surface area contributed by atoms with Crippen LogP contribution in [0.1, 0.15) is 13.3 Å². The van der Waals surface area contributed by atoms with Crippen LogP contribution in [0.2, 0.25) is 0 Å². The van der Waals surface area contributed by atoms with Crippen molar-refractivity contribution in [2.75, 3.05) is 12.4 Å². The van der Waals surface area contributed by atoms with Crippen LogP contribution in [0.15, 0.2) is 0 Å². The second-order valence-corrected chi connectivity index (χ2v) is 3.61. The molecule has 0 aromatic rings. The second kappa shape index (κ2) is 6.78. The Morgan fingerprint density at radius 3 is 2.24 bits per heavy atom. The SMILES string of the molecule is CCC(CNC(=O)C(F)(F)C(F)F)C(=O)CCl. The summed E-state index contributed by atoms with van der Waals surface area (Å²) >= 11 is 5.25. The molecule has 0 saturated heterocycles. The van der Waals surface area contributed by atoms with E-state index in [1.807, 2.05) is 0 Å². The van der Waals surface area contributed by atoms with Crippen LogP contribution in [-0.4, -0.2) is 36.5 Å². The van der Waals surface area contributed by atoms with Gasteiger partial charge in [-0.25, -0.2) is 8.78 Å². The fraction of sp³-hybridized carbons (Fsp3) is 0.778. The van der Waals surface area contributed by atoms with E-state index in [-0.39, 0.29) is 12.3 Å². The van der Waals surface area contributed by atoms with E-state index >= 15 is 0 Å². The molecule has 1 amide bonds. The van der Waals surface area contributed by atoms with Gasteiger partial charge in [0.25, 0.3) is 5.91 Å². The standard InChI is InChI=1S/C9H12ClF4NO2/c1-2-5(6(16)3-10)4-15-8(17)9(13,14)7(11)12/h5,7H,2-4H2,1H3,(H,15,17). The third-order valence-electron chi connectivity index (χ3n) is 2.17. The number of ketones is 1. The zero-order valence-corrected chi connectivity index (χ0v) is 9.74. The van der Waals surface area contributed by atoms with Crippen molar-refractivity contribution in [1.82, 2.24) is 5.32 Å². The van der Waals surface area contributed by atoms with Gasteiger partial charge >= 0.3 is 12.3 Å². The van der Waals surface area contributed by atoms with Crippen LogP contribution in [0.25, 0.3) is 0 Å². The van der Waals surface area contributed by atoms with E-state index in [1.165, 1.54) is 0 Å². The molecule has 0 aliphatic heterocycles. The lowest BCUT2D eigenvalue weighted by Gasteiger charge is -2.17. The van der Waals surface area contributed by atoms with Gasteiger partial charge in [-0.05, 0) is 6.42 Å². The Bertz CT molecular complexity index is 286. The molecule has 17 heavy (non-hydrogen) atoms. The van der Waals surface area contributed by atoms with Gasteiger partial charge in [-0.1, -0.05) is 6.92 Å². The smallest absolute Gasteiger partial charge is 0.350 e. The van der Waals surface area contributed by atoms with Crippen molar-refractivity contribution in [1.29, 1.82) is 0 Å². The Morgan fingerprint density at radius 1 is 1.35 bits per heavy atom.